The minimum absolute atomic E-state index is 0.144. The van der Waals surface area contributed by atoms with Gasteiger partial charge in [0.1, 0.15) is 5.76 Å². The highest BCUT2D eigenvalue weighted by atomic mass is 16.3. The molecule has 2 atom stereocenters. The maximum Gasteiger partial charge on any atom is 0.108 e. The van der Waals surface area contributed by atoms with Crippen LogP contribution in [0.1, 0.15) is 61.8 Å². The first-order chi connectivity index (χ1) is 7.73. The molecule has 0 radical (unpaired) electrons. The molecule has 0 saturated heterocycles. The number of rotatable bonds is 6. The van der Waals surface area contributed by atoms with E-state index in [1.807, 2.05) is 13.8 Å². The van der Waals surface area contributed by atoms with Crippen LogP contribution in [0.4, 0.5) is 0 Å². The average molecular weight is 241 g/mol. The Morgan fingerprint density at radius 2 is 1.41 bits per heavy atom. The van der Waals surface area contributed by atoms with E-state index in [2.05, 4.69) is 46.4 Å². The van der Waals surface area contributed by atoms with Crippen LogP contribution in [0.5, 0.6) is 0 Å². The first-order valence-electron chi connectivity index (χ1n) is 6.87. The third kappa shape index (κ3) is 4.34. The molecule has 1 N–H and O–H groups in total. The first kappa shape index (κ1) is 16.5. The first-order valence-corrected chi connectivity index (χ1v) is 6.87. The summed E-state index contributed by atoms with van der Waals surface area (Å²) in [5, 5.41) is 10.4. The largest absolute Gasteiger partial charge is 0.511 e. The second-order valence-corrected chi connectivity index (χ2v) is 5.85. The van der Waals surface area contributed by atoms with E-state index in [0.29, 0.717) is 23.8 Å². The normalized spacial score (nSPS) is 15.5. The van der Waals surface area contributed by atoms with Gasteiger partial charge in [0.2, 0.25) is 0 Å². The van der Waals surface area contributed by atoms with Gasteiger partial charge in [0, 0.05) is 12.1 Å². The summed E-state index contributed by atoms with van der Waals surface area (Å²) < 4.78 is 0. The van der Waals surface area contributed by atoms with Gasteiger partial charge in [0.05, 0.1) is 6.04 Å². The molecular weight excluding hydrogens is 210 g/mol. The van der Waals surface area contributed by atoms with Crippen LogP contribution in [0.2, 0.25) is 0 Å². The lowest BCUT2D eigenvalue weighted by Gasteiger charge is -2.41. The van der Waals surface area contributed by atoms with Crippen molar-refractivity contribution in [1.82, 2.24) is 4.90 Å². The van der Waals surface area contributed by atoms with Crippen LogP contribution >= 0.6 is 0 Å². The third-order valence-electron chi connectivity index (χ3n) is 3.49. The molecule has 0 aromatic rings. The van der Waals surface area contributed by atoms with Crippen molar-refractivity contribution in [3.05, 3.63) is 11.3 Å². The van der Waals surface area contributed by atoms with Gasteiger partial charge in [0.15, 0.2) is 0 Å². The topological polar surface area (TPSA) is 23.5 Å². The van der Waals surface area contributed by atoms with Gasteiger partial charge in [-0.1, -0.05) is 20.3 Å². The Kier molecular flexibility index (Phi) is 6.84. The van der Waals surface area contributed by atoms with E-state index in [4.69, 9.17) is 0 Å². The van der Waals surface area contributed by atoms with Gasteiger partial charge in [-0.2, -0.15) is 0 Å². The number of aliphatic hydroxyl groups is 1. The summed E-state index contributed by atoms with van der Waals surface area (Å²) in [5.41, 5.74) is 1.03. The van der Waals surface area contributed by atoms with Crippen LogP contribution in [-0.2, 0) is 0 Å². The van der Waals surface area contributed by atoms with Gasteiger partial charge in [0.25, 0.3) is 0 Å². The molecule has 0 aliphatic carbocycles. The maximum absolute atomic E-state index is 10.4. The SMILES string of the molecule is CCC(C)C(C(O)=C(C)C)N(C(C)C)C(C)C. The van der Waals surface area contributed by atoms with E-state index in [1.165, 1.54) is 0 Å². The summed E-state index contributed by atoms with van der Waals surface area (Å²) in [6.07, 6.45) is 1.08. The highest BCUT2D eigenvalue weighted by molar-refractivity contribution is 5.11. The van der Waals surface area contributed by atoms with Crippen molar-refractivity contribution in [2.24, 2.45) is 5.92 Å². The van der Waals surface area contributed by atoms with Crippen molar-refractivity contribution in [2.45, 2.75) is 79.9 Å². The van der Waals surface area contributed by atoms with E-state index in [1.54, 1.807) is 0 Å². The van der Waals surface area contributed by atoms with Crippen LogP contribution < -0.4 is 0 Å². The second kappa shape index (κ2) is 7.05. The van der Waals surface area contributed by atoms with Crippen LogP contribution in [0.15, 0.2) is 11.3 Å². The Labute approximate surface area is 108 Å². The van der Waals surface area contributed by atoms with Crippen molar-refractivity contribution >= 4 is 0 Å². The minimum Gasteiger partial charge on any atom is -0.511 e. The van der Waals surface area contributed by atoms with Crippen LogP contribution in [0.3, 0.4) is 0 Å². The predicted octanol–water partition coefficient (Wildman–Crippen LogP) is 4.37. The Balaban J connectivity index is 5.36. The number of hydrogen-bond donors (Lipinski definition) is 1. The van der Waals surface area contributed by atoms with E-state index in [9.17, 15) is 5.11 Å². The van der Waals surface area contributed by atoms with E-state index < -0.39 is 0 Å². The average Bonchev–Trinajstić information content (AvgIpc) is 2.22. The molecule has 2 unspecified atom stereocenters. The summed E-state index contributed by atoms with van der Waals surface area (Å²) in [5.74, 6) is 1.02. The quantitative estimate of drug-likeness (QED) is 0.698. The molecule has 0 aromatic heterocycles. The fourth-order valence-electron chi connectivity index (χ4n) is 2.46. The van der Waals surface area contributed by atoms with Gasteiger partial charge in [-0.25, -0.2) is 0 Å². The molecule has 102 valence electrons. The zero-order chi connectivity index (χ0) is 13.7. The Bertz CT molecular complexity index is 244. The van der Waals surface area contributed by atoms with Crippen LogP contribution in [0, 0.1) is 5.92 Å². The number of allylic oxidation sites excluding steroid dienone is 1. The van der Waals surface area contributed by atoms with Gasteiger partial charge in [-0.15, -0.1) is 0 Å². The molecule has 0 spiro atoms. The minimum atomic E-state index is 0.144. The molecular formula is C15H31NO. The Morgan fingerprint density at radius 1 is 1.00 bits per heavy atom. The molecule has 0 bridgehead atoms. The van der Waals surface area contributed by atoms with Crippen molar-refractivity contribution in [3.63, 3.8) is 0 Å². The van der Waals surface area contributed by atoms with Gasteiger partial charge >= 0.3 is 0 Å². The fourth-order valence-corrected chi connectivity index (χ4v) is 2.46. The number of aliphatic hydroxyl groups excluding tert-OH is 1. The molecule has 0 fully saturated rings. The van der Waals surface area contributed by atoms with Crippen molar-refractivity contribution in [2.75, 3.05) is 0 Å². The summed E-state index contributed by atoms with van der Waals surface area (Å²) in [7, 11) is 0. The van der Waals surface area contributed by atoms with E-state index in [0.717, 1.165) is 12.0 Å². The molecule has 0 saturated carbocycles. The summed E-state index contributed by atoms with van der Waals surface area (Å²) in [6, 6.07) is 1.02. The molecule has 0 heterocycles. The van der Waals surface area contributed by atoms with Crippen molar-refractivity contribution < 1.29 is 5.11 Å². The smallest absolute Gasteiger partial charge is 0.108 e. The lowest BCUT2D eigenvalue weighted by Crippen LogP contribution is -2.49. The van der Waals surface area contributed by atoms with Gasteiger partial charge < -0.3 is 5.11 Å². The molecule has 0 aliphatic heterocycles. The third-order valence-corrected chi connectivity index (χ3v) is 3.49. The van der Waals surface area contributed by atoms with Gasteiger partial charge in [-0.3, -0.25) is 4.90 Å². The van der Waals surface area contributed by atoms with E-state index >= 15 is 0 Å². The standard InChI is InChI=1S/C15H31NO/c1-9-13(8)14(15(17)10(2)3)16(11(4)5)12(6)7/h11-14,17H,9H2,1-8H3. The maximum atomic E-state index is 10.4. The summed E-state index contributed by atoms with van der Waals surface area (Å²) in [4.78, 5) is 2.41. The van der Waals surface area contributed by atoms with Crippen molar-refractivity contribution in [1.29, 1.82) is 0 Å². The molecule has 0 aliphatic rings. The molecule has 0 amide bonds. The van der Waals surface area contributed by atoms with Gasteiger partial charge in [-0.05, 0) is 53.0 Å². The molecule has 0 aromatic carbocycles. The molecule has 17 heavy (non-hydrogen) atoms. The highest BCUT2D eigenvalue weighted by Gasteiger charge is 2.31. The number of nitrogens with zero attached hydrogens (tertiary/aromatic N) is 1. The Hall–Kier alpha value is -0.500. The monoisotopic (exact) mass is 241 g/mol. The molecule has 2 heteroatoms. The second-order valence-electron chi connectivity index (χ2n) is 5.85. The van der Waals surface area contributed by atoms with Crippen LogP contribution in [-0.4, -0.2) is 28.1 Å². The molecule has 2 nitrogen and oxygen atoms in total. The lowest BCUT2D eigenvalue weighted by molar-refractivity contribution is 0.0693. The lowest BCUT2D eigenvalue weighted by atomic mass is 9.92. The predicted molar refractivity (Wildman–Crippen MR) is 76.4 cm³/mol. The van der Waals surface area contributed by atoms with E-state index in [-0.39, 0.29) is 6.04 Å². The zero-order valence-electron chi connectivity index (χ0n) is 12.9. The van der Waals surface area contributed by atoms with Crippen molar-refractivity contribution in [3.8, 4) is 0 Å². The summed E-state index contributed by atoms with van der Waals surface area (Å²) >= 11 is 0. The zero-order valence-corrected chi connectivity index (χ0v) is 12.9. The highest BCUT2D eigenvalue weighted by Crippen LogP contribution is 2.26. The fraction of sp³-hybridized carbons (Fsp3) is 0.867. The van der Waals surface area contributed by atoms with Crippen LogP contribution in [0.25, 0.3) is 0 Å². The number of hydrogen-bond acceptors (Lipinski definition) is 2. The Morgan fingerprint density at radius 3 is 1.65 bits per heavy atom. The molecule has 0 rings (SSSR count). The summed E-state index contributed by atoms with van der Waals surface area (Å²) in [6.45, 7) is 17.2.